The maximum atomic E-state index is 12.4. The van der Waals surface area contributed by atoms with E-state index in [0.717, 1.165) is 16.8 Å². The highest BCUT2D eigenvalue weighted by Gasteiger charge is 2.22. The Morgan fingerprint density at radius 3 is 2.73 bits per heavy atom. The first-order valence-corrected chi connectivity index (χ1v) is 12.3. The van der Waals surface area contributed by atoms with Crippen molar-refractivity contribution in [3.63, 3.8) is 0 Å². The van der Waals surface area contributed by atoms with Crippen molar-refractivity contribution in [3.8, 4) is 17.3 Å². The molecule has 5 rings (SSSR count). The number of anilines is 2. The second kappa shape index (κ2) is 10.1. The number of nitrogens with zero attached hydrogens (tertiary/aromatic N) is 8. The van der Waals surface area contributed by atoms with Crippen LogP contribution in [0.4, 0.5) is 11.8 Å². The van der Waals surface area contributed by atoms with E-state index in [-0.39, 0.29) is 11.9 Å². The van der Waals surface area contributed by atoms with E-state index in [4.69, 9.17) is 9.72 Å². The highest BCUT2D eigenvalue weighted by atomic mass is 16.5. The molecule has 0 bridgehead atoms. The van der Waals surface area contributed by atoms with Gasteiger partial charge in [-0.25, -0.2) is 24.9 Å². The van der Waals surface area contributed by atoms with Crippen LogP contribution in [0.3, 0.4) is 0 Å². The Bertz CT molecular complexity index is 1450. The van der Waals surface area contributed by atoms with Gasteiger partial charge in [0.1, 0.15) is 5.82 Å². The molecule has 192 valence electrons. The third kappa shape index (κ3) is 5.08. The number of ether oxygens (including phenoxy) is 1. The number of fused-ring (bicyclic) bond motifs is 2. The van der Waals surface area contributed by atoms with E-state index in [0.29, 0.717) is 60.6 Å². The highest BCUT2D eigenvalue weighted by molar-refractivity contribution is 5.84. The van der Waals surface area contributed by atoms with Crippen molar-refractivity contribution in [1.29, 1.82) is 0 Å². The lowest BCUT2D eigenvalue weighted by molar-refractivity contribution is -0.132. The SMILES string of the molecule is COc1nc(-c2ccnc(Nc3ccc4c(n3)CCN(C(=O)CN(C)C)C4)n2)cc2c1ncn2C(C)C. The number of carbonyl (C=O) groups is 1. The molecular formula is C26H31N9O2. The normalized spacial score (nSPS) is 13.3. The minimum atomic E-state index is 0.128. The maximum absolute atomic E-state index is 12.4. The van der Waals surface area contributed by atoms with E-state index in [9.17, 15) is 4.79 Å². The molecule has 0 spiro atoms. The Morgan fingerprint density at radius 2 is 1.97 bits per heavy atom. The molecule has 0 radical (unpaired) electrons. The molecule has 1 N–H and O–H groups in total. The van der Waals surface area contributed by atoms with E-state index < -0.39 is 0 Å². The molecule has 1 amide bonds. The Morgan fingerprint density at radius 1 is 1.14 bits per heavy atom. The number of carbonyl (C=O) groups excluding carboxylic acids is 1. The molecule has 0 saturated heterocycles. The number of aromatic nitrogens is 6. The summed E-state index contributed by atoms with van der Waals surface area (Å²) in [4.78, 5) is 39.2. The standard InChI is InChI=1S/C26H31N9O2/c1-16(2)35-15-28-24-21(35)12-20(30-25(24)37-5)19-8-10-27-26(31-19)32-22-7-6-17-13-34(11-9-18(17)29-22)23(36)14-33(3)4/h6-8,10,12,15-16H,9,11,13-14H2,1-5H3,(H,27,29,31,32). The maximum Gasteiger partial charge on any atom is 0.242 e. The van der Waals surface area contributed by atoms with Crippen LogP contribution < -0.4 is 10.1 Å². The van der Waals surface area contributed by atoms with Gasteiger partial charge in [-0.1, -0.05) is 6.07 Å². The predicted molar refractivity (Wildman–Crippen MR) is 141 cm³/mol. The first-order chi connectivity index (χ1) is 17.8. The minimum Gasteiger partial charge on any atom is -0.479 e. The van der Waals surface area contributed by atoms with Crippen molar-refractivity contribution in [2.75, 3.05) is 39.6 Å². The van der Waals surface area contributed by atoms with E-state index in [1.807, 2.05) is 48.2 Å². The molecule has 0 unspecified atom stereocenters. The minimum absolute atomic E-state index is 0.128. The second-order valence-electron chi connectivity index (χ2n) is 9.63. The summed E-state index contributed by atoms with van der Waals surface area (Å²) >= 11 is 0. The van der Waals surface area contributed by atoms with Gasteiger partial charge in [0.2, 0.25) is 17.7 Å². The molecule has 4 aromatic heterocycles. The zero-order chi connectivity index (χ0) is 26.1. The Labute approximate surface area is 215 Å². The van der Waals surface area contributed by atoms with Gasteiger partial charge in [0.05, 0.1) is 36.9 Å². The van der Waals surface area contributed by atoms with Crippen LogP contribution in [-0.2, 0) is 17.8 Å². The molecule has 0 fully saturated rings. The fourth-order valence-electron chi connectivity index (χ4n) is 4.43. The second-order valence-corrected chi connectivity index (χ2v) is 9.63. The van der Waals surface area contributed by atoms with Gasteiger partial charge in [-0.2, -0.15) is 0 Å². The monoisotopic (exact) mass is 501 g/mol. The number of rotatable bonds is 7. The largest absolute Gasteiger partial charge is 0.479 e. The van der Waals surface area contributed by atoms with Crippen LogP contribution in [-0.4, -0.2) is 79.5 Å². The van der Waals surface area contributed by atoms with Crippen LogP contribution in [0.15, 0.2) is 36.8 Å². The lowest BCUT2D eigenvalue weighted by Gasteiger charge is -2.29. The molecule has 11 nitrogen and oxygen atoms in total. The van der Waals surface area contributed by atoms with Gasteiger partial charge in [0, 0.05) is 37.4 Å². The molecule has 0 aromatic carbocycles. The number of methoxy groups -OCH3 is 1. The topological polar surface area (TPSA) is 114 Å². The summed E-state index contributed by atoms with van der Waals surface area (Å²) in [5.74, 6) is 1.65. The lowest BCUT2D eigenvalue weighted by atomic mass is 10.1. The van der Waals surface area contributed by atoms with Crippen LogP contribution >= 0.6 is 0 Å². The van der Waals surface area contributed by atoms with Gasteiger partial charge in [-0.3, -0.25) is 4.79 Å². The summed E-state index contributed by atoms with van der Waals surface area (Å²) in [6.07, 6.45) is 4.20. The molecule has 11 heteroatoms. The van der Waals surface area contributed by atoms with Gasteiger partial charge < -0.3 is 24.4 Å². The molecule has 37 heavy (non-hydrogen) atoms. The lowest BCUT2D eigenvalue weighted by Crippen LogP contribution is -2.41. The summed E-state index contributed by atoms with van der Waals surface area (Å²) in [7, 11) is 5.39. The van der Waals surface area contributed by atoms with E-state index in [1.54, 1.807) is 19.6 Å². The van der Waals surface area contributed by atoms with Crippen LogP contribution in [0, 0.1) is 0 Å². The van der Waals surface area contributed by atoms with Gasteiger partial charge in [0.25, 0.3) is 0 Å². The zero-order valence-electron chi connectivity index (χ0n) is 21.8. The van der Waals surface area contributed by atoms with Gasteiger partial charge >= 0.3 is 0 Å². The number of pyridine rings is 2. The molecule has 0 saturated carbocycles. The van der Waals surface area contributed by atoms with E-state index >= 15 is 0 Å². The van der Waals surface area contributed by atoms with Crippen LogP contribution in [0.2, 0.25) is 0 Å². The number of nitrogens with one attached hydrogen (secondary N) is 1. The highest BCUT2D eigenvalue weighted by Crippen LogP contribution is 2.29. The number of hydrogen-bond acceptors (Lipinski definition) is 9. The van der Waals surface area contributed by atoms with Crippen molar-refractivity contribution < 1.29 is 9.53 Å². The Balaban J connectivity index is 1.38. The van der Waals surface area contributed by atoms with Gasteiger partial charge in [0.15, 0.2) is 5.52 Å². The van der Waals surface area contributed by atoms with Crippen LogP contribution in [0.25, 0.3) is 22.4 Å². The third-order valence-corrected chi connectivity index (χ3v) is 6.29. The van der Waals surface area contributed by atoms with Crippen molar-refractivity contribution in [2.45, 2.75) is 32.9 Å². The molecule has 1 aliphatic rings. The molecule has 0 atom stereocenters. The fraction of sp³-hybridized carbons (Fsp3) is 0.385. The van der Waals surface area contributed by atoms with Crippen molar-refractivity contribution in [3.05, 3.63) is 48.0 Å². The van der Waals surface area contributed by atoms with Gasteiger partial charge in [-0.15, -0.1) is 0 Å². The predicted octanol–water partition coefficient (Wildman–Crippen LogP) is 3.06. The van der Waals surface area contributed by atoms with E-state index in [1.165, 1.54) is 0 Å². The summed E-state index contributed by atoms with van der Waals surface area (Å²) in [6, 6.07) is 7.92. The number of likely N-dealkylation sites (N-methyl/N-ethyl adjacent to an activating group) is 1. The summed E-state index contributed by atoms with van der Waals surface area (Å²) < 4.78 is 7.60. The first kappa shape index (κ1) is 24.6. The number of hydrogen-bond donors (Lipinski definition) is 1. The quantitative estimate of drug-likeness (QED) is 0.408. The summed E-state index contributed by atoms with van der Waals surface area (Å²) in [5.41, 5.74) is 5.01. The molecule has 5 heterocycles. The molecule has 1 aliphatic heterocycles. The summed E-state index contributed by atoms with van der Waals surface area (Å²) in [6.45, 7) is 5.84. The van der Waals surface area contributed by atoms with E-state index in [2.05, 4.69) is 43.7 Å². The average Bonchev–Trinajstić information content (AvgIpc) is 3.32. The summed E-state index contributed by atoms with van der Waals surface area (Å²) in [5, 5.41) is 3.22. The van der Waals surface area contributed by atoms with Crippen molar-refractivity contribution >= 4 is 28.7 Å². The van der Waals surface area contributed by atoms with Crippen molar-refractivity contribution in [1.82, 2.24) is 39.3 Å². The third-order valence-electron chi connectivity index (χ3n) is 6.29. The van der Waals surface area contributed by atoms with Crippen molar-refractivity contribution in [2.24, 2.45) is 0 Å². The Kier molecular flexibility index (Phi) is 6.70. The molecule has 0 aliphatic carbocycles. The Hall–Kier alpha value is -4.12. The van der Waals surface area contributed by atoms with Gasteiger partial charge in [-0.05, 0) is 51.7 Å². The molecule has 4 aromatic rings. The van der Waals surface area contributed by atoms with Crippen LogP contribution in [0.1, 0.15) is 31.1 Å². The number of imidazole rings is 1. The first-order valence-electron chi connectivity index (χ1n) is 12.3. The molecular weight excluding hydrogens is 470 g/mol. The fourth-order valence-corrected chi connectivity index (χ4v) is 4.43. The smallest absolute Gasteiger partial charge is 0.242 e. The zero-order valence-corrected chi connectivity index (χ0v) is 21.8. The number of amides is 1. The average molecular weight is 502 g/mol. The van der Waals surface area contributed by atoms with Crippen LogP contribution in [0.5, 0.6) is 5.88 Å².